The Kier molecular flexibility index (Phi) is 6.68. The number of likely N-dealkylation sites (tertiary alicyclic amines) is 1. The maximum absolute atomic E-state index is 14.0. The Bertz CT molecular complexity index is 1580. The zero-order chi connectivity index (χ0) is 27.1. The standard InChI is InChI=1S/C28H29N7O3S/c1-17-11-18(2)30-28(29-17)39-16-24-26(31-32-35(24)21-7-9-22(38-3)10-8-21)27(37)33-13-19-12-20(15-33)23-5-4-6-25(36)34(23)14-19/h4-11,19-20H,12-16H2,1-3H3. The van der Waals surface area contributed by atoms with Gasteiger partial charge in [-0.05, 0) is 62.6 Å². The number of nitrogens with zero attached hydrogens (tertiary/aromatic N) is 7. The minimum atomic E-state index is -0.145. The molecule has 1 amide bonds. The van der Waals surface area contributed by atoms with Crippen molar-refractivity contribution in [3.8, 4) is 11.4 Å². The van der Waals surface area contributed by atoms with Crippen LogP contribution in [0.25, 0.3) is 5.69 Å². The van der Waals surface area contributed by atoms with Crippen LogP contribution in [-0.2, 0) is 12.3 Å². The molecular formula is C28H29N7O3S. The summed E-state index contributed by atoms with van der Waals surface area (Å²) in [7, 11) is 1.62. The van der Waals surface area contributed by atoms with Gasteiger partial charge in [-0.2, -0.15) is 0 Å². The van der Waals surface area contributed by atoms with E-state index in [1.807, 2.05) is 59.7 Å². The van der Waals surface area contributed by atoms with Crippen molar-refractivity contribution < 1.29 is 9.53 Å². The lowest BCUT2D eigenvalue weighted by atomic mass is 9.83. The van der Waals surface area contributed by atoms with Crippen molar-refractivity contribution in [3.05, 3.63) is 87.4 Å². The Morgan fingerprint density at radius 1 is 1.05 bits per heavy atom. The quantitative estimate of drug-likeness (QED) is 0.269. The number of pyridine rings is 1. The summed E-state index contributed by atoms with van der Waals surface area (Å²) < 4.78 is 8.88. The summed E-state index contributed by atoms with van der Waals surface area (Å²) in [4.78, 5) is 37.4. The van der Waals surface area contributed by atoms with E-state index in [1.165, 1.54) is 11.8 Å². The van der Waals surface area contributed by atoms with Gasteiger partial charge in [0.25, 0.3) is 11.5 Å². The molecule has 2 atom stereocenters. The normalized spacial score (nSPS) is 18.1. The van der Waals surface area contributed by atoms with Gasteiger partial charge in [-0.1, -0.05) is 23.0 Å². The fourth-order valence-electron chi connectivity index (χ4n) is 5.63. The van der Waals surface area contributed by atoms with Crippen LogP contribution in [0.2, 0.25) is 0 Å². The van der Waals surface area contributed by atoms with Gasteiger partial charge in [-0.3, -0.25) is 9.59 Å². The Hall–Kier alpha value is -3.99. The molecule has 200 valence electrons. The van der Waals surface area contributed by atoms with E-state index in [2.05, 4.69) is 20.3 Å². The molecule has 0 spiro atoms. The molecule has 1 aromatic carbocycles. The molecular weight excluding hydrogens is 514 g/mol. The summed E-state index contributed by atoms with van der Waals surface area (Å²) in [5.74, 6) is 1.34. The summed E-state index contributed by atoms with van der Waals surface area (Å²) in [5.41, 5.74) is 4.60. The fraction of sp³-hybridized carbons (Fsp3) is 0.357. The SMILES string of the molecule is COc1ccc(-n2nnc(C(=O)N3CC4CC(C3)c3cccc(=O)n3C4)c2CSc2nc(C)cc(C)n2)cc1. The van der Waals surface area contributed by atoms with Gasteiger partial charge in [0.1, 0.15) is 5.75 Å². The topological polar surface area (TPSA) is 108 Å². The first-order valence-electron chi connectivity index (χ1n) is 12.9. The molecule has 5 heterocycles. The molecule has 0 radical (unpaired) electrons. The van der Waals surface area contributed by atoms with Crippen molar-refractivity contribution in [1.82, 2.24) is 34.4 Å². The highest BCUT2D eigenvalue weighted by Crippen LogP contribution is 2.36. The van der Waals surface area contributed by atoms with Gasteiger partial charge in [-0.15, -0.1) is 5.10 Å². The van der Waals surface area contributed by atoms with Crippen LogP contribution in [0.15, 0.2) is 58.5 Å². The highest BCUT2D eigenvalue weighted by molar-refractivity contribution is 7.98. The van der Waals surface area contributed by atoms with Crippen LogP contribution in [0.1, 0.15) is 45.6 Å². The van der Waals surface area contributed by atoms with Crippen LogP contribution in [-0.4, -0.2) is 60.5 Å². The molecule has 11 heteroatoms. The van der Waals surface area contributed by atoms with Crippen LogP contribution in [0, 0.1) is 19.8 Å². The predicted octanol–water partition coefficient (Wildman–Crippen LogP) is 3.40. The number of methoxy groups -OCH3 is 1. The number of ether oxygens (including phenoxy) is 1. The number of fused-ring (bicyclic) bond motifs is 4. The number of carbonyl (C=O) groups excluding carboxylic acids is 1. The second-order valence-corrected chi connectivity index (χ2v) is 11.1. The van der Waals surface area contributed by atoms with Crippen LogP contribution in [0.3, 0.4) is 0 Å². The molecule has 2 aliphatic heterocycles. The molecule has 4 aromatic rings. The number of benzene rings is 1. The lowest BCUT2D eigenvalue weighted by Gasteiger charge is -2.42. The van der Waals surface area contributed by atoms with Crippen LogP contribution in [0.5, 0.6) is 5.75 Å². The molecule has 10 nitrogen and oxygen atoms in total. The highest BCUT2D eigenvalue weighted by atomic mass is 32.2. The van der Waals surface area contributed by atoms with Gasteiger partial charge < -0.3 is 14.2 Å². The summed E-state index contributed by atoms with van der Waals surface area (Å²) >= 11 is 1.45. The number of thioether (sulfide) groups is 1. The third-order valence-electron chi connectivity index (χ3n) is 7.35. The van der Waals surface area contributed by atoms with E-state index >= 15 is 0 Å². The number of hydrogen-bond acceptors (Lipinski definition) is 8. The van der Waals surface area contributed by atoms with Gasteiger partial charge >= 0.3 is 0 Å². The summed E-state index contributed by atoms with van der Waals surface area (Å²) in [5, 5.41) is 9.44. The average Bonchev–Trinajstić information content (AvgIpc) is 3.35. The van der Waals surface area contributed by atoms with Gasteiger partial charge in [-0.25, -0.2) is 14.6 Å². The zero-order valence-electron chi connectivity index (χ0n) is 22.1. The lowest BCUT2D eigenvalue weighted by molar-refractivity contribution is 0.0588. The third-order valence-corrected chi connectivity index (χ3v) is 8.21. The minimum absolute atomic E-state index is 0.0253. The van der Waals surface area contributed by atoms with E-state index in [1.54, 1.807) is 23.9 Å². The molecule has 0 aliphatic carbocycles. The van der Waals surface area contributed by atoms with E-state index in [4.69, 9.17) is 4.74 Å². The maximum Gasteiger partial charge on any atom is 0.276 e. The number of piperidine rings is 1. The summed E-state index contributed by atoms with van der Waals surface area (Å²) in [6.07, 6.45) is 0.971. The molecule has 2 bridgehead atoms. The molecule has 6 rings (SSSR count). The van der Waals surface area contributed by atoms with Gasteiger partial charge in [0.15, 0.2) is 10.9 Å². The van der Waals surface area contributed by atoms with Crippen LogP contribution >= 0.6 is 11.8 Å². The second-order valence-electron chi connectivity index (χ2n) is 10.1. The summed E-state index contributed by atoms with van der Waals surface area (Å²) in [6.45, 7) is 5.63. The first-order valence-corrected chi connectivity index (χ1v) is 13.9. The number of aryl methyl sites for hydroxylation is 2. The molecule has 1 saturated heterocycles. The van der Waals surface area contributed by atoms with Gasteiger partial charge in [0.2, 0.25) is 0 Å². The Balaban J connectivity index is 1.32. The maximum atomic E-state index is 14.0. The van der Waals surface area contributed by atoms with E-state index < -0.39 is 0 Å². The highest BCUT2D eigenvalue weighted by Gasteiger charge is 2.38. The van der Waals surface area contributed by atoms with Crippen LogP contribution < -0.4 is 10.3 Å². The second kappa shape index (κ2) is 10.3. The monoisotopic (exact) mass is 543 g/mol. The first kappa shape index (κ1) is 25.3. The molecule has 0 saturated carbocycles. The molecule has 0 N–H and O–H groups in total. The van der Waals surface area contributed by atoms with Crippen molar-refractivity contribution >= 4 is 17.7 Å². The third kappa shape index (κ3) is 4.94. The van der Waals surface area contributed by atoms with Crippen LogP contribution in [0.4, 0.5) is 0 Å². The largest absolute Gasteiger partial charge is 0.497 e. The fourth-order valence-corrected chi connectivity index (χ4v) is 6.57. The van der Waals surface area contributed by atoms with Crippen molar-refractivity contribution in [1.29, 1.82) is 0 Å². The van der Waals surface area contributed by atoms with E-state index in [-0.39, 0.29) is 23.3 Å². The van der Waals surface area contributed by atoms with E-state index in [0.717, 1.165) is 34.9 Å². The molecule has 3 aromatic heterocycles. The number of carbonyl (C=O) groups is 1. The van der Waals surface area contributed by atoms with E-state index in [9.17, 15) is 9.59 Å². The Morgan fingerprint density at radius 3 is 2.56 bits per heavy atom. The number of aromatic nitrogens is 6. The summed E-state index contributed by atoms with van der Waals surface area (Å²) in [6, 6.07) is 14.8. The molecule has 2 aliphatic rings. The van der Waals surface area contributed by atoms with Crippen molar-refractivity contribution in [2.75, 3.05) is 20.2 Å². The van der Waals surface area contributed by atoms with E-state index in [0.29, 0.717) is 41.9 Å². The number of rotatable bonds is 6. The van der Waals surface area contributed by atoms with Crippen molar-refractivity contribution in [2.24, 2.45) is 5.92 Å². The number of hydrogen-bond donors (Lipinski definition) is 0. The van der Waals surface area contributed by atoms with Crippen molar-refractivity contribution in [2.45, 2.75) is 43.6 Å². The van der Waals surface area contributed by atoms with Crippen molar-refractivity contribution in [3.63, 3.8) is 0 Å². The Morgan fingerprint density at radius 2 is 1.82 bits per heavy atom. The minimum Gasteiger partial charge on any atom is -0.497 e. The lowest BCUT2D eigenvalue weighted by Crippen LogP contribution is -2.49. The zero-order valence-corrected chi connectivity index (χ0v) is 22.9. The average molecular weight is 544 g/mol. The smallest absolute Gasteiger partial charge is 0.276 e. The molecule has 2 unspecified atom stereocenters. The van der Waals surface area contributed by atoms with Gasteiger partial charge in [0, 0.05) is 54.5 Å². The predicted molar refractivity (Wildman–Crippen MR) is 146 cm³/mol. The number of amides is 1. The molecule has 39 heavy (non-hydrogen) atoms. The molecule has 1 fully saturated rings. The Labute approximate surface area is 230 Å². The van der Waals surface area contributed by atoms with Gasteiger partial charge in [0.05, 0.1) is 18.5 Å². The first-order chi connectivity index (χ1) is 18.9.